The first-order chi connectivity index (χ1) is 4.86. The van der Waals surface area contributed by atoms with E-state index >= 15 is 0 Å². The van der Waals surface area contributed by atoms with E-state index < -0.39 is 0 Å². The largest absolute Gasteiger partial charge is 0.388 e. The van der Waals surface area contributed by atoms with Gasteiger partial charge >= 0.3 is 0 Å². The highest BCUT2D eigenvalue weighted by molar-refractivity contribution is 5.22. The molecule has 1 atom stereocenters. The van der Waals surface area contributed by atoms with Crippen molar-refractivity contribution in [2.75, 3.05) is 7.05 Å². The number of hydrogen-bond acceptors (Lipinski definition) is 2. The van der Waals surface area contributed by atoms with E-state index in [0.29, 0.717) is 6.04 Å². The zero-order valence-electron chi connectivity index (χ0n) is 6.52. The van der Waals surface area contributed by atoms with E-state index in [1.165, 1.54) is 5.70 Å². The van der Waals surface area contributed by atoms with E-state index in [2.05, 4.69) is 23.6 Å². The minimum absolute atomic E-state index is 0.507. The summed E-state index contributed by atoms with van der Waals surface area (Å²) >= 11 is 0. The molecule has 0 bridgehead atoms. The third-order valence-corrected chi connectivity index (χ3v) is 1.68. The summed E-state index contributed by atoms with van der Waals surface area (Å²) in [6, 6.07) is 0.507. The van der Waals surface area contributed by atoms with Crippen molar-refractivity contribution >= 4 is 0 Å². The van der Waals surface area contributed by atoms with Gasteiger partial charge in [-0.1, -0.05) is 6.92 Å². The summed E-state index contributed by atoms with van der Waals surface area (Å²) in [5.41, 5.74) is 1.20. The maximum atomic E-state index is 3.24. The molecule has 0 spiro atoms. The molecule has 0 aromatic carbocycles. The van der Waals surface area contributed by atoms with E-state index in [0.717, 1.165) is 6.42 Å². The Hall–Kier alpha value is -0.920. The number of dihydropyridines is 1. The van der Waals surface area contributed by atoms with Gasteiger partial charge in [0.25, 0.3) is 0 Å². The van der Waals surface area contributed by atoms with Crippen LogP contribution in [0.4, 0.5) is 0 Å². The Morgan fingerprint density at radius 3 is 3.10 bits per heavy atom. The van der Waals surface area contributed by atoms with Crippen molar-refractivity contribution in [1.82, 2.24) is 10.6 Å². The number of allylic oxidation sites excluding steroid dienone is 1. The molecule has 1 unspecified atom stereocenters. The van der Waals surface area contributed by atoms with Gasteiger partial charge in [-0.2, -0.15) is 0 Å². The number of rotatable bonds is 2. The molecule has 1 aliphatic heterocycles. The Balaban J connectivity index is 2.56. The molecule has 0 saturated carbocycles. The summed E-state index contributed by atoms with van der Waals surface area (Å²) in [6.07, 6.45) is 7.35. The van der Waals surface area contributed by atoms with Gasteiger partial charge in [0, 0.05) is 18.8 Å². The highest BCUT2D eigenvalue weighted by atomic mass is 14.9. The van der Waals surface area contributed by atoms with Gasteiger partial charge in [0.15, 0.2) is 0 Å². The fourth-order valence-electron chi connectivity index (χ4n) is 0.984. The zero-order chi connectivity index (χ0) is 7.40. The van der Waals surface area contributed by atoms with Crippen molar-refractivity contribution < 1.29 is 0 Å². The maximum Gasteiger partial charge on any atom is 0.0459 e. The lowest BCUT2D eigenvalue weighted by Gasteiger charge is -2.16. The molecular formula is C8H14N2. The van der Waals surface area contributed by atoms with Crippen LogP contribution in [-0.2, 0) is 0 Å². The molecule has 0 aliphatic carbocycles. The average Bonchev–Trinajstić information content (AvgIpc) is 2.05. The Kier molecular flexibility index (Phi) is 2.37. The molecule has 2 nitrogen and oxygen atoms in total. The lowest BCUT2D eigenvalue weighted by molar-refractivity contribution is 0.659. The molecule has 0 fully saturated rings. The SMILES string of the molecule is CCC1C=C(NC)C=CN1. The van der Waals surface area contributed by atoms with E-state index in [9.17, 15) is 0 Å². The summed E-state index contributed by atoms with van der Waals surface area (Å²) < 4.78 is 0. The van der Waals surface area contributed by atoms with Crippen molar-refractivity contribution in [3.63, 3.8) is 0 Å². The van der Waals surface area contributed by atoms with Crippen LogP contribution >= 0.6 is 0 Å². The van der Waals surface area contributed by atoms with Gasteiger partial charge in [0.2, 0.25) is 0 Å². The lowest BCUT2D eigenvalue weighted by Crippen LogP contribution is -2.26. The second-order valence-electron chi connectivity index (χ2n) is 2.39. The molecule has 10 heavy (non-hydrogen) atoms. The van der Waals surface area contributed by atoms with Crippen LogP contribution in [0.15, 0.2) is 24.0 Å². The molecule has 0 aromatic heterocycles. The van der Waals surface area contributed by atoms with E-state index in [-0.39, 0.29) is 0 Å². The number of nitrogens with one attached hydrogen (secondary N) is 2. The van der Waals surface area contributed by atoms with Gasteiger partial charge in [-0.05, 0) is 24.8 Å². The van der Waals surface area contributed by atoms with Crippen molar-refractivity contribution in [3.8, 4) is 0 Å². The fourth-order valence-corrected chi connectivity index (χ4v) is 0.984. The quantitative estimate of drug-likeness (QED) is 0.594. The van der Waals surface area contributed by atoms with Crippen molar-refractivity contribution in [2.24, 2.45) is 0 Å². The standard InChI is InChI=1S/C8H14N2/c1-3-7-6-8(9-2)4-5-10-7/h4-7,9-10H,3H2,1-2H3. The highest BCUT2D eigenvalue weighted by Gasteiger charge is 2.03. The molecule has 2 N–H and O–H groups in total. The second-order valence-corrected chi connectivity index (χ2v) is 2.39. The van der Waals surface area contributed by atoms with Gasteiger partial charge in [-0.15, -0.1) is 0 Å². The topological polar surface area (TPSA) is 24.1 Å². The van der Waals surface area contributed by atoms with E-state index in [1.807, 2.05) is 19.3 Å². The van der Waals surface area contributed by atoms with Gasteiger partial charge in [-0.25, -0.2) is 0 Å². The van der Waals surface area contributed by atoms with Gasteiger partial charge < -0.3 is 10.6 Å². The molecule has 0 saturated heterocycles. The molecule has 0 radical (unpaired) electrons. The first-order valence-corrected chi connectivity index (χ1v) is 3.69. The van der Waals surface area contributed by atoms with Crippen molar-refractivity contribution in [2.45, 2.75) is 19.4 Å². The smallest absolute Gasteiger partial charge is 0.0459 e. The summed E-state index contributed by atoms with van der Waals surface area (Å²) in [7, 11) is 1.94. The molecule has 0 amide bonds. The lowest BCUT2D eigenvalue weighted by atomic mass is 10.1. The van der Waals surface area contributed by atoms with Crippen LogP contribution in [0, 0.1) is 0 Å². The highest BCUT2D eigenvalue weighted by Crippen LogP contribution is 2.03. The minimum atomic E-state index is 0.507. The minimum Gasteiger partial charge on any atom is -0.388 e. The third-order valence-electron chi connectivity index (χ3n) is 1.68. The van der Waals surface area contributed by atoms with Gasteiger partial charge in [0.1, 0.15) is 0 Å². The summed E-state index contributed by atoms with van der Waals surface area (Å²) in [6.45, 7) is 2.17. The van der Waals surface area contributed by atoms with Crippen molar-refractivity contribution in [1.29, 1.82) is 0 Å². The van der Waals surface area contributed by atoms with Gasteiger partial charge in [-0.3, -0.25) is 0 Å². The Morgan fingerprint density at radius 2 is 2.50 bits per heavy atom. The van der Waals surface area contributed by atoms with Crippen LogP contribution in [0.1, 0.15) is 13.3 Å². The third kappa shape index (κ3) is 1.53. The van der Waals surface area contributed by atoms with E-state index in [4.69, 9.17) is 0 Å². The summed E-state index contributed by atoms with van der Waals surface area (Å²) in [4.78, 5) is 0. The monoisotopic (exact) mass is 138 g/mol. The van der Waals surface area contributed by atoms with Crippen LogP contribution in [-0.4, -0.2) is 13.1 Å². The zero-order valence-corrected chi connectivity index (χ0v) is 6.52. The van der Waals surface area contributed by atoms with Crippen LogP contribution < -0.4 is 10.6 Å². The first-order valence-electron chi connectivity index (χ1n) is 3.69. The molecule has 2 heteroatoms. The summed E-state index contributed by atoms with van der Waals surface area (Å²) in [5, 5.41) is 6.34. The van der Waals surface area contributed by atoms with Crippen molar-refractivity contribution in [3.05, 3.63) is 24.0 Å². The Bertz CT molecular complexity index is 159. The van der Waals surface area contributed by atoms with Crippen LogP contribution in [0.5, 0.6) is 0 Å². The average molecular weight is 138 g/mol. The number of hydrogen-bond donors (Lipinski definition) is 2. The Morgan fingerprint density at radius 1 is 1.70 bits per heavy atom. The Labute approximate surface area is 62.0 Å². The fraction of sp³-hybridized carbons (Fsp3) is 0.500. The molecule has 56 valence electrons. The molecular weight excluding hydrogens is 124 g/mol. The molecule has 1 heterocycles. The van der Waals surface area contributed by atoms with E-state index in [1.54, 1.807) is 0 Å². The molecule has 0 aromatic rings. The van der Waals surface area contributed by atoms with Crippen LogP contribution in [0.2, 0.25) is 0 Å². The van der Waals surface area contributed by atoms with Crippen LogP contribution in [0.3, 0.4) is 0 Å². The van der Waals surface area contributed by atoms with Gasteiger partial charge in [0.05, 0.1) is 0 Å². The summed E-state index contributed by atoms with van der Waals surface area (Å²) in [5.74, 6) is 0. The molecule has 1 rings (SSSR count). The van der Waals surface area contributed by atoms with Crippen LogP contribution in [0.25, 0.3) is 0 Å². The number of likely N-dealkylation sites (N-methyl/N-ethyl adjacent to an activating group) is 1. The molecule has 1 aliphatic rings. The maximum absolute atomic E-state index is 3.24. The normalized spacial score (nSPS) is 23.4. The predicted octanol–water partition coefficient (Wildman–Crippen LogP) is 0.985. The predicted molar refractivity (Wildman–Crippen MR) is 43.5 cm³/mol. The first kappa shape index (κ1) is 7.19. The second kappa shape index (κ2) is 3.30.